The summed E-state index contributed by atoms with van der Waals surface area (Å²) in [6.45, 7) is 6.86. The van der Waals surface area contributed by atoms with Gasteiger partial charge in [-0.05, 0) is 50.2 Å². The fourth-order valence-corrected chi connectivity index (χ4v) is 2.29. The fourth-order valence-electron chi connectivity index (χ4n) is 1.88. The van der Waals surface area contributed by atoms with Gasteiger partial charge in [0.25, 0.3) is 0 Å². The highest BCUT2D eigenvalue weighted by atomic mass is 79.9. The quantitative estimate of drug-likeness (QED) is 0.807. The molecule has 4 heteroatoms. The van der Waals surface area contributed by atoms with Gasteiger partial charge in [0.2, 0.25) is 0 Å². The summed E-state index contributed by atoms with van der Waals surface area (Å²) in [6, 6.07) is 5.04. The molecule has 1 atom stereocenters. The maximum Gasteiger partial charge on any atom is 0.127 e. The molecule has 1 rings (SSSR count). The minimum Gasteiger partial charge on any atom is -0.319 e. The molecule has 0 aliphatic rings. The van der Waals surface area contributed by atoms with Gasteiger partial charge in [-0.15, -0.1) is 0 Å². The van der Waals surface area contributed by atoms with Crippen molar-refractivity contribution in [2.75, 3.05) is 20.1 Å². The van der Waals surface area contributed by atoms with Gasteiger partial charge >= 0.3 is 0 Å². The van der Waals surface area contributed by atoms with Crippen LogP contribution in [0, 0.1) is 17.7 Å². The smallest absolute Gasteiger partial charge is 0.127 e. The molecule has 0 aliphatic carbocycles. The van der Waals surface area contributed by atoms with Gasteiger partial charge in [0, 0.05) is 16.6 Å². The maximum atomic E-state index is 13.5. The first-order chi connectivity index (χ1) is 8.54. The summed E-state index contributed by atoms with van der Waals surface area (Å²) < 4.78 is 14.4. The largest absolute Gasteiger partial charge is 0.319 e. The van der Waals surface area contributed by atoms with Gasteiger partial charge in [0.15, 0.2) is 0 Å². The third-order valence-corrected chi connectivity index (χ3v) is 3.63. The number of nitrogens with one attached hydrogen (secondary N) is 2. The Morgan fingerprint density at radius 1 is 1.28 bits per heavy atom. The molecule has 1 aromatic carbocycles. The Morgan fingerprint density at radius 3 is 2.61 bits per heavy atom. The van der Waals surface area contributed by atoms with Crippen molar-refractivity contribution >= 4 is 15.9 Å². The molecule has 0 radical (unpaired) electrons. The second-order valence-corrected chi connectivity index (χ2v) is 5.84. The van der Waals surface area contributed by atoms with Crippen molar-refractivity contribution < 1.29 is 4.39 Å². The molecule has 0 aromatic heterocycles. The first-order valence-corrected chi connectivity index (χ1v) is 7.13. The summed E-state index contributed by atoms with van der Waals surface area (Å²) in [5.41, 5.74) is 0.705. The Balaban J connectivity index is 2.47. The first-order valence-electron chi connectivity index (χ1n) is 6.33. The van der Waals surface area contributed by atoms with Gasteiger partial charge in [0.05, 0.1) is 0 Å². The van der Waals surface area contributed by atoms with Crippen LogP contribution in [0.5, 0.6) is 0 Å². The molecule has 0 amide bonds. The van der Waals surface area contributed by atoms with Crippen LogP contribution in [-0.2, 0) is 6.54 Å². The molecule has 0 saturated heterocycles. The second kappa shape index (κ2) is 7.87. The molecule has 0 spiro atoms. The predicted molar refractivity (Wildman–Crippen MR) is 78.1 cm³/mol. The number of benzene rings is 1. The summed E-state index contributed by atoms with van der Waals surface area (Å²) in [6.07, 6.45) is 0. The Labute approximate surface area is 117 Å². The van der Waals surface area contributed by atoms with Crippen LogP contribution in [-0.4, -0.2) is 20.1 Å². The zero-order valence-corrected chi connectivity index (χ0v) is 12.8. The van der Waals surface area contributed by atoms with Crippen molar-refractivity contribution in [2.45, 2.75) is 20.4 Å². The molecule has 1 unspecified atom stereocenters. The zero-order chi connectivity index (χ0) is 13.5. The summed E-state index contributed by atoms with van der Waals surface area (Å²) in [4.78, 5) is 0. The molecule has 1 aromatic rings. The van der Waals surface area contributed by atoms with Crippen molar-refractivity contribution in [3.63, 3.8) is 0 Å². The molecule has 2 nitrogen and oxygen atoms in total. The molecule has 0 saturated carbocycles. The van der Waals surface area contributed by atoms with E-state index in [1.807, 2.05) is 13.1 Å². The Morgan fingerprint density at radius 2 is 2.00 bits per heavy atom. The normalized spacial score (nSPS) is 13.0. The van der Waals surface area contributed by atoms with E-state index in [2.05, 4.69) is 40.4 Å². The standard InChI is InChI=1S/C14H22BrFN2/c1-10(2)12(7-17-3)9-18-8-11-6-13(15)4-5-14(11)16/h4-6,10,12,17-18H,7-9H2,1-3H3. The Hall–Kier alpha value is -0.450. The van der Waals surface area contributed by atoms with Crippen LogP contribution in [0.4, 0.5) is 4.39 Å². The highest BCUT2D eigenvalue weighted by molar-refractivity contribution is 9.10. The van der Waals surface area contributed by atoms with E-state index in [1.54, 1.807) is 6.07 Å². The van der Waals surface area contributed by atoms with Gasteiger partial charge in [-0.1, -0.05) is 29.8 Å². The predicted octanol–water partition coefficient (Wildman–Crippen LogP) is 3.17. The van der Waals surface area contributed by atoms with Crippen LogP contribution in [0.2, 0.25) is 0 Å². The SMILES string of the molecule is CNCC(CNCc1cc(Br)ccc1F)C(C)C. The van der Waals surface area contributed by atoms with E-state index in [-0.39, 0.29) is 5.82 Å². The highest BCUT2D eigenvalue weighted by Gasteiger charge is 2.12. The van der Waals surface area contributed by atoms with E-state index in [4.69, 9.17) is 0 Å². The fraction of sp³-hybridized carbons (Fsp3) is 0.571. The monoisotopic (exact) mass is 316 g/mol. The van der Waals surface area contributed by atoms with Gasteiger partial charge in [0.1, 0.15) is 5.82 Å². The average molecular weight is 317 g/mol. The van der Waals surface area contributed by atoms with Gasteiger partial charge < -0.3 is 10.6 Å². The third kappa shape index (κ3) is 5.04. The molecular weight excluding hydrogens is 295 g/mol. The molecule has 0 aliphatic heterocycles. The van der Waals surface area contributed by atoms with Gasteiger partial charge in [-0.25, -0.2) is 4.39 Å². The van der Waals surface area contributed by atoms with Crippen molar-refractivity contribution in [1.29, 1.82) is 0 Å². The van der Waals surface area contributed by atoms with Crippen LogP contribution < -0.4 is 10.6 Å². The van der Waals surface area contributed by atoms with Crippen LogP contribution in [0.15, 0.2) is 22.7 Å². The number of halogens is 2. The second-order valence-electron chi connectivity index (χ2n) is 4.93. The molecule has 18 heavy (non-hydrogen) atoms. The summed E-state index contributed by atoms with van der Waals surface area (Å²) >= 11 is 3.36. The molecule has 0 heterocycles. The van der Waals surface area contributed by atoms with Gasteiger partial charge in [-0.3, -0.25) is 0 Å². The van der Waals surface area contributed by atoms with Crippen molar-refractivity contribution in [2.24, 2.45) is 11.8 Å². The lowest BCUT2D eigenvalue weighted by atomic mass is 9.96. The lowest BCUT2D eigenvalue weighted by molar-refractivity contribution is 0.351. The summed E-state index contributed by atoms with van der Waals surface area (Å²) in [5.74, 6) is 1.02. The van der Waals surface area contributed by atoms with E-state index < -0.39 is 0 Å². The van der Waals surface area contributed by atoms with Crippen molar-refractivity contribution in [1.82, 2.24) is 10.6 Å². The van der Waals surface area contributed by atoms with E-state index in [9.17, 15) is 4.39 Å². The van der Waals surface area contributed by atoms with Crippen LogP contribution in [0.1, 0.15) is 19.4 Å². The molecule has 0 fully saturated rings. The Kier molecular flexibility index (Phi) is 6.82. The molecular formula is C14H22BrFN2. The third-order valence-electron chi connectivity index (χ3n) is 3.14. The lowest BCUT2D eigenvalue weighted by Crippen LogP contribution is -2.33. The maximum absolute atomic E-state index is 13.5. The topological polar surface area (TPSA) is 24.1 Å². The molecule has 0 bridgehead atoms. The van der Waals surface area contributed by atoms with Crippen LogP contribution >= 0.6 is 15.9 Å². The summed E-state index contributed by atoms with van der Waals surface area (Å²) in [5, 5.41) is 6.53. The van der Waals surface area contributed by atoms with Crippen molar-refractivity contribution in [3.8, 4) is 0 Å². The first kappa shape index (κ1) is 15.6. The minimum absolute atomic E-state index is 0.152. The van der Waals surface area contributed by atoms with E-state index >= 15 is 0 Å². The summed E-state index contributed by atoms with van der Waals surface area (Å²) in [7, 11) is 1.96. The lowest BCUT2D eigenvalue weighted by Gasteiger charge is -2.21. The van der Waals surface area contributed by atoms with E-state index in [1.165, 1.54) is 6.07 Å². The number of hydrogen-bond acceptors (Lipinski definition) is 2. The number of hydrogen-bond donors (Lipinski definition) is 2. The molecule has 102 valence electrons. The van der Waals surface area contributed by atoms with E-state index in [0.29, 0.717) is 23.9 Å². The van der Waals surface area contributed by atoms with Gasteiger partial charge in [-0.2, -0.15) is 0 Å². The average Bonchev–Trinajstić information content (AvgIpc) is 2.32. The Bertz CT molecular complexity index is 369. The van der Waals surface area contributed by atoms with E-state index in [0.717, 1.165) is 17.6 Å². The minimum atomic E-state index is -0.152. The van der Waals surface area contributed by atoms with Crippen LogP contribution in [0.25, 0.3) is 0 Å². The number of rotatable bonds is 7. The molecule has 2 N–H and O–H groups in total. The highest BCUT2D eigenvalue weighted by Crippen LogP contribution is 2.15. The van der Waals surface area contributed by atoms with Crippen molar-refractivity contribution in [3.05, 3.63) is 34.1 Å². The van der Waals surface area contributed by atoms with Crippen LogP contribution in [0.3, 0.4) is 0 Å². The zero-order valence-electron chi connectivity index (χ0n) is 11.3.